The van der Waals surface area contributed by atoms with Gasteiger partial charge in [0.15, 0.2) is 5.13 Å². The maximum absolute atomic E-state index is 13.1. The summed E-state index contributed by atoms with van der Waals surface area (Å²) in [5, 5.41) is 12.7. The van der Waals surface area contributed by atoms with E-state index in [2.05, 4.69) is 32.3 Å². The first-order valence-corrected chi connectivity index (χ1v) is 7.29. The highest BCUT2D eigenvalue weighted by Gasteiger charge is 2.07. The fourth-order valence-corrected chi connectivity index (χ4v) is 3.13. The molecule has 3 nitrogen and oxygen atoms in total. The number of benzene rings is 2. The molecule has 3 aromatic rings. The second-order valence-corrected chi connectivity index (χ2v) is 5.95. The summed E-state index contributed by atoms with van der Waals surface area (Å²) in [7, 11) is 0. The van der Waals surface area contributed by atoms with Crippen molar-refractivity contribution in [3.8, 4) is 6.07 Å². The average Bonchev–Trinajstić information content (AvgIpc) is 2.82. The van der Waals surface area contributed by atoms with Gasteiger partial charge in [-0.1, -0.05) is 11.3 Å². The van der Waals surface area contributed by atoms with E-state index in [1.165, 1.54) is 23.5 Å². The van der Waals surface area contributed by atoms with Crippen LogP contribution in [-0.4, -0.2) is 4.98 Å². The lowest BCUT2D eigenvalue weighted by Crippen LogP contribution is -1.90. The molecular formula is C14H7BrFN3S. The number of fused-ring (bicyclic) bond motifs is 1. The predicted octanol–water partition coefficient (Wildman–Crippen LogP) is 4.81. The van der Waals surface area contributed by atoms with Crippen LogP contribution in [0.5, 0.6) is 0 Å². The molecule has 0 saturated carbocycles. The van der Waals surface area contributed by atoms with Crippen LogP contribution in [0.25, 0.3) is 10.2 Å². The van der Waals surface area contributed by atoms with Crippen LogP contribution in [0, 0.1) is 17.1 Å². The maximum Gasteiger partial charge on any atom is 0.188 e. The van der Waals surface area contributed by atoms with Gasteiger partial charge in [-0.3, -0.25) is 0 Å². The largest absolute Gasteiger partial charge is 0.331 e. The molecule has 6 heteroatoms. The van der Waals surface area contributed by atoms with Gasteiger partial charge in [0.05, 0.1) is 27.5 Å². The van der Waals surface area contributed by atoms with E-state index in [1.54, 1.807) is 24.3 Å². The Morgan fingerprint density at radius 3 is 2.85 bits per heavy atom. The minimum absolute atomic E-state index is 0.271. The number of aromatic nitrogens is 1. The number of anilines is 2. The highest BCUT2D eigenvalue weighted by atomic mass is 79.9. The zero-order chi connectivity index (χ0) is 14.1. The number of hydrogen-bond donors (Lipinski definition) is 1. The number of hydrogen-bond acceptors (Lipinski definition) is 4. The van der Waals surface area contributed by atoms with E-state index in [9.17, 15) is 4.39 Å². The van der Waals surface area contributed by atoms with Gasteiger partial charge < -0.3 is 5.32 Å². The van der Waals surface area contributed by atoms with Gasteiger partial charge in [0.2, 0.25) is 0 Å². The third-order valence-corrected chi connectivity index (χ3v) is 4.28. The number of nitriles is 1. The normalized spacial score (nSPS) is 10.4. The maximum atomic E-state index is 13.1. The Morgan fingerprint density at radius 1 is 1.25 bits per heavy atom. The van der Waals surface area contributed by atoms with Crippen LogP contribution in [0.1, 0.15) is 5.56 Å². The van der Waals surface area contributed by atoms with E-state index in [0.717, 1.165) is 20.4 Å². The molecule has 1 heterocycles. The third kappa shape index (κ3) is 2.50. The molecule has 98 valence electrons. The number of halogens is 2. The first-order valence-electron chi connectivity index (χ1n) is 5.68. The van der Waals surface area contributed by atoms with Crippen molar-refractivity contribution < 1.29 is 4.39 Å². The van der Waals surface area contributed by atoms with Gasteiger partial charge in [0.1, 0.15) is 5.82 Å². The molecule has 0 aliphatic heterocycles. The summed E-state index contributed by atoms with van der Waals surface area (Å²) < 4.78 is 14.7. The van der Waals surface area contributed by atoms with Crippen molar-refractivity contribution in [2.24, 2.45) is 0 Å². The lowest BCUT2D eigenvalue weighted by atomic mass is 10.2. The summed E-state index contributed by atoms with van der Waals surface area (Å²) in [4.78, 5) is 4.39. The molecule has 0 unspecified atom stereocenters. The zero-order valence-electron chi connectivity index (χ0n) is 10.0. The third-order valence-electron chi connectivity index (χ3n) is 2.69. The molecule has 0 bridgehead atoms. The van der Waals surface area contributed by atoms with E-state index in [0.29, 0.717) is 10.7 Å². The van der Waals surface area contributed by atoms with Crippen LogP contribution in [-0.2, 0) is 0 Å². The van der Waals surface area contributed by atoms with Gasteiger partial charge >= 0.3 is 0 Å². The second kappa shape index (κ2) is 5.19. The van der Waals surface area contributed by atoms with Gasteiger partial charge in [-0.25, -0.2) is 9.37 Å². The molecule has 20 heavy (non-hydrogen) atoms. The van der Waals surface area contributed by atoms with Crippen molar-refractivity contribution in [2.45, 2.75) is 0 Å². The van der Waals surface area contributed by atoms with Crippen molar-refractivity contribution in [1.82, 2.24) is 4.98 Å². The Morgan fingerprint density at radius 2 is 2.10 bits per heavy atom. The number of nitrogens with zero attached hydrogens (tertiary/aromatic N) is 2. The molecular weight excluding hydrogens is 341 g/mol. The fraction of sp³-hybridized carbons (Fsp3) is 0. The molecule has 0 aliphatic rings. The molecule has 0 fully saturated rings. The Hall–Kier alpha value is -1.97. The van der Waals surface area contributed by atoms with E-state index in [1.807, 2.05) is 0 Å². The second-order valence-electron chi connectivity index (χ2n) is 4.06. The highest BCUT2D eigenvalue weighted by Crippen LogP contribution is 2.32. The molecule has 0 saturated heterocycles. The summed E-state index contributed by atoms with van der Waals surface area (Å²) in [6, 6.07) is 11.8. The predicted molar refractivity (Wildman–Crippen MR) is 81.7 cm³/mol. The van der Waals surface area contributed by atoms with Crippen LogP contribution < -0.4 is 5.32 Å². The Bertz CT molecular complexity index is 838. The van der Waals surface area contributed by atoms with Crippen LogP contribution in [0.15, 0.2) is 40.9 Å². The average molecular weight is 348 g/mol. The number of rotatable bonds is 2. The van der Waals surface area contributed by atoms with Crippen molar-refractivity contribution in [2.75, 3.05) is 5.32 Å². The summed E-state index contributed by atoms with van der Waals surface area (Å²) in [5.74, 6) is -0.271. The van der Waals surface area contributed by atoms with Crippen molar-refractivity contribution >= 4 is 48.3 Å². The van der Waals surface area contributed by atoms with Gasteiger partial charge in [-0.05, 0) is 52.3 Å². The summed E-state index contributed by atoms with van der Waals surface area (Å²) >= 11 is 4.78. The molecule has 2 aromatic carbocycles. The summed E-state index contributed by atoms with van der Waals surface area (Å²) in [5.41, 5.74) is 2.14. The quantitative estimate of drug-likeness (QED) is 0.723. The monoisotopic (exact) mass is 347 g/mol. The van der Waals surface area contributed by atoms with E-state index < -0.39 is 0 Å². The Labute approximate surface area is 126 Å². The molecule has 1 aromatic heterocycles. The van der Waals surface area contributed by atoms with Crippen LogP contribution in [0.3, 0.4) is 0 Å². The van der Waals surface area contributed by atoms with E-state index >= 15 is 0 Å². The SMILES string of the molecule is N#Cc1ccc(Nc2nc3ccc(F)cc3s2)c(Br)c1. The van der Waals surface area contributed by atoms with Gasteiger partial charge in [0.25, 0.3) is 0 Å². The molecule has 1 N–H and O–H groups in total. The number of nitrogens with one attached hydrogen (secondary N) is 1. The molecule has 3 rings (SSSR count). The van der Waals surface area contributed by atoms with Gasteiger partial charge in [0, 0.05) is 4.47 Å². The Balaban J connectivity index is 1.95. The number of thiazole rings is 1. The lowest BCUT2D eigenvalue weighted by molar-refractivity contribution is 0.630. The lowest BCUT2D eigenvalue weighted by Gasteiger charge is -2.05. The summed E-state index contributed by atoms with van der Waals surface area (Å²) in [6.45, 7) is 0. The first-order chi connectivity index (χ1) is 9.65. The molecule has 0 aliphatic carbocycles. The molecule has 0 radical (unpaired) electrons. The fourth-order valence-electron chi connectivity index (χ4n) is 1.75. The minimum atomic E-state index is -0.271. The van der Waals surface area contributed by atoms with Crippen LogP contribution >= 0.6 is 27.3 Å². The van der Waals surface area contributed by atoms with E-state index in [4.69, 9.17) is 5.26 Å². The van der Waals surface area contributed by atoms with Gasteiger partial charge in [-0.2, -0.15) is 5.26 Å². The minimum Gasteiger partial charge on any atom is -0.331 e. The smallest absolute Gasteiger partial charge is 0.188 e. The summed E-state index contributed by atoms with van der Waals surface area (Å²) in [6.07, 6.45) is 0. The molecule has 0 atom stereocenters. The van der Waals surface area contributed by atoms with Gasteiger partial charge in [-0.15, -0.1) is 0 Å². The molecule has 0 spiro atoms. The first kappa shape index (κ1) is 13.0. The highest BCUT2D eigenvalue weighted by molar-refractivity contribution is 9.10. The molecule has 0 amide bonds. The zero-order valence-corrected chi connectivity index (χ0v) is 12.4. The van der Waals surface area contributed by atoms with Crippen molar-refractivity contribution in [3.63, 3.8) is 0 Å². The van der Waals surface area contributed by atoms with Crippen molar-refractivity contribution in [1.29, 1.82) is 5.26 Å². The standard InChI is InChI=1S/C14H7BrFN3S/c15-10-5-8(7-17)1-3-11(10)18-14-19-12-4-2-9(16)6-13(12)20-14/h1-6H,(H,18,19). The van der Waals surface area contributed by atoms with Crippen molar-refractivity contribution in [3.05, 3.63) is 52.3 Å². The van der Waals surface area contributed by atoms with Crippen LogP contribution in [0.2, 0.25) is 0 Å². The topological polar surface area (TPSA) is 48.7 Å². The Kier molecular flexibility index (Phi) is 3.38. The van der Waals surface area contributed by atoms with E-state index in [-0.39, 0.29) is 5.82 Å². The van der Waals surface area contributed by atoms with Crippen LogP contribution in [0.4, 0.5) is 15.2 Å².